The first-order valence-electron chi connectivity index (χ1n) is 9.01. The van der Waals surface area contributed by atoms with Crippen LogP contribution in [0.4, 0.5) is 5.69 Å². The van der Waals surface area contributed by atoms with Crippen LogP contribution in [-0.4, -0.2) is 33.6 Å². The highest BCUT2D eigenvalue weighted by atomic mass is 32.2. The summed E-state index contributed by atoms with van der Waals surface area (Å²) >= 11 is 6.18. The first-order chi connectivity index (χ1) is 12.1. The van der Waals surface area contributed by atoms with Crippen molar-refractivity contribution in [1.29, 1.82) is 0 Å². The first-order valence-corrected chi connectivity index (χ1v) is 10.2. The predicted molar refractivity (Wildman–Crippen MR) is 111 cm³/mol. The summed E-state index contributed by atoms with van der Waals surface area (Å²) in [6.07, 6.45) is 4.12. The smallest absolute Gasteiger partial charge is 0.290 e. The standard InChI is InChI=1S/C20H24N2O2S2/c1-19(2)5-7-21-8-6-20(3,4)14-10-12(9-13(19)16(14)21)11-15-17(23)22(24)18(25)26-15/h9-11,24H,5-8H2,1-4H3. The minimum absolute atomic E-state index is 0.105. The van der Waals surface area contributed by atoms with Gasteiger partial charge in [-0.1, -0.05) is 39.5 Å². The second kappa shape index (κ2) is 5.81. The average Bonchev–Trinajstić information content (AvgIpc) is 2.80. The van der Waals surface area contributed by atoms with E-state index in [0.29, 0.717) is 9.97 Å². The van der Waals surface area contributed by atoms with Gasteiger partial charge in [0.2, 0.25) is 0 Å². The molecule has 1 N–H and O–H groups in total. The Morgan fingerprint density at radius 3 is 2.12 bits per heavy atom. The molecule has 1 aromatic carbocycles. The van der Waals surface area contributed by atoms with E-state index < -0.39 is 5.91 Å². The van der Waals surface area contributed by atoms with Gasteiger partial charge < -0.3 is 4.90 Å². The van der Waals surface area contributed by atoms with Crippen LogP contribution in [0.3, 0.4) is 0 Å². The summed E-state index contributed by atoms with van der Waals surface area (Å²) in [7, 11) is 0. The maximum absolute atomic E-state index is 12.2. The van der Waals surface area contributed by atoms with Gasteiger partial charge in [0.25, 0.3) is 5.91 Å². The van der Waals surface area contributed by atoms with Crippen molar-refractivity contribution in [1.82, 2.24) is 5.06 Å². The second-order valence-electron chi connectivity index (χ2n) is 8.71. The lowest BCUT2D eigenvalue weighted by Crippen LogP contribution is -2.44. The fourth-order valence-corrected chi connectivity index (χ4v) is 5.24. The summed E-state index contributed by atoms with van der Waals surface area (Å²) in [6, 6.07) is 4.44. The highest BCUT2D eigenvalue weighted by Gasteiger charge is 2.40. The van der Waals surface area contributed by atoms with Crippen molar-refractivity contribution in [3.8, 4) is 0 Å². The van der Waals surface area contributed by atoms with Crippen molar-refractivity contribution in [3.05, 3.63) is 33.7 Å². The molecule has 3 heterocycles. The normalized spacial score (nSPS) is 25.0. The van der Waals surface area contributed by atoms with Crippen molar-refractivity contribution < 1.29 is 10.0 Å². The van der Waals surface area contributed by atoms with Crippen molar-refractivity contribution in [2.75, 3.05) is 18.0 Å². The molecule has 138 valence electrons. The predicted octanol–water partition coefficient (Wildman–Crippen LogP) is 4.45. The van der Waals surface area contributed by atoms with Crippen molar-refractivity contribution >= 4 is 46.0 Å². The number of carbonyl (C=O) groups is 1. The second-order valence-corrected chi connectivity index (χ2v) is 10.4. The van der Waals surface area contributed by atoms with Crippen molar-refractivity contribution in [3.63, 3.8) is 0 Å². The fraction of sp³-hybridized carbons (Fsp3) is 0.500. The molecule has 0 aliphatic carbocycles. The third-order valence-electron chi connectivity index (χ3n) is 5.99. The van der Waals surface area contributed by atoms with Gasteiger partial charge in [0.1, 0.15) is 0 Å². The number of benzene rings is 1. The lowest BCUT2D eigenvalue weighted by Gasteiger charge is -2.48. The molecule has 0 aromatic heterocycles. The van der Waals surface area contributed by atoms with E-state index in [1.54, 1.807) is 0 Å². The van der Waals surface area contributed by atoms with Crippen molar-refractivity contribution in [2.24, 2.45) is 0 Å². The van der Waals surface area contributed by atoms with Gasteiger partial charge in [-0.25, -0.2) is 0 Å². The monoisotopic (exact) mass is 388 g/mol. The molecule has 0 saturated carbocycles. The molecule has 1 aromatic rings. The Morgan fingerprint density at radius 1 is 1.12 bits per heavy atom. The molecule has 6 heteroatoms. The Labute approximate surface area is 164 Å². The van der Waals surface area contributed by atoms with Gasteiger partial charge in [-0.2, -0.15) is 5.06 Å². The number of hydroxylamine groups is 2. The quantitative estimate of drug-likeness (QED) is 0.437. The highest BCUT2D eigenvalue weighted by Crippen LogP contribution is 2.49. The Morgan fingerprint density at radius 2 is 1.65 bits per heavy atom. The molecule has 0 unspecified atom stereocenters. The zero-order valence-electron chi connectivity index (χ0n) is 15.6. The van der Waals surface area contributed by atoms with Gasteiger partial charge in [0.05, 0.1) is 4.91 Å². The van der Waals surface area contributed by atoms with Crippen LogP contribution < -0.4 is 4.90 Å². The van der Waals surface area contributed by atoms with Crippen LogP contribution in [0.5, 0.6) is 0 Å². The van der Waals surface area contributed by atoms with E-state index in [2.05, 4.69) is 44.7 Å². The van der Waals surface area contributed by atoms with Gasteiger partial charge in [0.15, 0.2) is 4.32 Å². The molecule has 0 bridgehead atoms. The minimum atomic E-state index is -0.438. The van der Waals surface area contributed by atoms with Crippen LogP contribution in [0.25, 0.3) is 6.08 Å². The first kappa shape index (κ1) is 18.0. The van der Waals surface area contributed by atoms with Gasteiger partial charge >= 0.3 is 0 Å². The van der Waals surface area contributed by atoms with Gasteiger partial charge in [0, 0.05) is 18.8 Å². The van der Waals surface area contributed by atoms with Gasteiger partial charge in [-0.3, -0.25) is 10.0 Å². The maximum atomic E-state index is 12.2. The summed E-state index contributed by atoms with van der Waals surface area (Å²) < 4.78 is 0.187. The molecule has 1 fully saturated rings. The zero-order valence-corrected chi connectivity index (χ0v) is 17.3. The van der Waals surface area contributed by atoms with Crippen LogP contribution in [0.2, 0.25) is 0 Å². The van der Waals surface area contributed by atoms with Crippen LogP contribution in [0.1, 0.15) is 57.2 Å². The number of nitrogens with zero attached hydrogens (tertiary/aromatic N) is 2. The van der Waals surface area contributed by atoms with Crippen LogP contribution >= 0.6 is 24.0 Å². The molecule has 0 atom stereocenters. The third-order valence-corrected chi connectivity index (χ3v) is 7.27. The molecule has 0 radical (unpaired) electrons. The fourth-order valence-electron chi connectivity index (χ4n) is 4.16. The molecule has 4 rings (SSSR count). The number of thioether (sulfide) groups is 1. The summed E-state index contributed by atoms with van der Waals surface area (Å²) in [4.78, 5) is 15.2. The zero-order chi connectivity index (χ0) is 18.9. The minimum Gasteiger partial charge on any atom is -0.371 e. The van der Waals surface area contributed by atoms with Crippen LogP contribution in [-0.2, 0) is 15.6 Å². The van der Waals surface area contributed by atoms with E-state index in [-0.39, 0.29) is 15.2 Å². The molecule has 26 heavy (non-hydrogen) atoms. The summed E-state index contributed by atoms with van der Waals surface area (Å²) in [5, 5.41) is 10.3. The average molecular weight is 389 g/mol. The van der Waals surface area contributed by atoms with Crippen molar-refractivity contribution in [2.45, 2.75) is 51.4 Å². The van der Waals surface area contributed by atoms with E-state index in [4.69, 9.17) is 12.2 Å². The SMILES string of the molecule is CC1(C)CCN2CCC(C)(C)c3cc(C=C4SC(=S)N(O)C4=O)cc1c32. The van der Waals surface area contributed by atoms with E-state index in [0.717, 1.165) is 43.3 Å². The molecule has 1 amide bonds. The summed E-state index contributed by atoms with van der Waals surface area (Å²) in [5.41, 5.74) is 5.34. The highest BCUT2D eigenvalue weighted by molar-refractivity contribution is 8.26. The maximum Gasteiger partial charge on any atom is 0.290 e. The number of anilines is 1. The molecular formula is C20H24N2O2S2. The number of hydrogen-bond donors (Lipinski definition) is 1. The number of amides is 1. The number of hydrogen-bond acceptors (Lipinski definition) is 5. The Hall–Kier alpha value is -1.37. The lowest BCUT2D eigenvalue weighted by molar-refractivity contribution is -0.142. The Kier molecular flexibility index (Phi) is 4.03. The number of rotatable bonds is 1. The molecule has 1 saturated heterocycles. The molecule has 3 aliphatic rings. The van der Waals surface area contributed by atoms with Gasteiger partial charge in [-0.15, -0.1) is 0 Å². The Balaban J connectivity index is 1.89. The molecular weight excluding hydrogens is 364 g/mol. The Bertz CT molecular complexity index is 816. The number of thiocarbonyl (C=S) groups is 1. The lowest BCUT2D eigenvalue weighted by atomic mass is 9.69. The molecule has 3 aliphatic heterocycles. The van der Waals surface area contributed by atoms with E-state index in [9.17, 15) is 10.0 Å². The largest absolute Gasteiger partial charge is 0.371 e. The molecule has 0 spiro atoms. The third kappa shape index (κ3) is 2.70. The van der Waals surface area contributed by atoms with E-state index in [1.807, 2.05) is 6.08 Å². The van der Waals surface area contributed by atoms with Gasteiger partial charge in [-0.05, 0) is 70.8 Å². The molecule has 4 nitrogen and oxygen atoms in total. The number of carbonyl (C=O) groups excluding carboxylic acids is 1. The van der Waals surface area contributed by atoms with E-state index in [1.165, 1.54) is 16.8 Å². The van der Waals surface area contributed by atoms with Crippen LogP contribution in [0, 0.1) is 0 Å². The summed E-state index contributed by atoms with van der Waals surface area (Å²) in [6.45, 7) is 11.4. The summed E-state index contributed by atoms with van der Waals surface area (Å²) in [5.74, 6) is -0.438. The topological polar surface area (TPSA) is 43.8 Å². The van der Waals surface area contributed by atoms with E-state index >= 15 is 0 Å². The van der Waals surface area contributed by atoms with Crippen LogP contribution in [0.15, 0.2) is 17.0 Å².